The fraction of sp³-hybridized carbons (Fsp3) is 0.727. The maximum atomic E-state index is 9.60. The first-order chi connectivity index (χ1) is 6.95. The highest BCUT2D eigenvalue weighted by atomic mass is 16.5. The van der Waals surface area contributed by atoms with Gasteiger partial charge in [0, 0.05) is 11.5 Å². The zero-order valence-corrected chi connectivity index (χ0v) is 9.15. The van der Waals surface area contributed by atoms with Crippen molar-refractivity contribution in [2.24, 2.45) is 5.92 Å². The van der Waals surface area contributed by atoms with Gasteiger partial charge in [0.1, 0.15) is 0 Å². The van der Waals surface area contributed by atoms with Crippen molar-refractivity contribution >= 4 is 5.97 Å². The van der Waals surface area contributed by atoms with Crippen LogP contribution in [0.5, 0.6) is 0 Å². The lowest BCUT2D eigenvalue weighted by molar-refractivity contribution is -0.132. The first kappa shape index (κ1) is 14.1. The molecule has 15 heavy (non-hydrogen) atoms. The Morgan fingerprint density at radius 1 is 1.27 bits per heavy atom. The van der Waals surface area contributed by atoms with Gasteiger partial charge in [-0.05, 0) is 19.8 Å². The van der Waals surface area contributed by atoms with E-state index < -0.39 is 12.3 Å². The molecular formula is C11H20O4. The van der Waals surface area contributed by atoms with Crippen molar-refractivity contribution in [1.29, 1.82) is 0 Å². The van der Waals surface area contributed by atoms with E-state index in [0.717, 1.165) is 12.8 Å². The molecule has 0 saturated heterocycles. The minimum Gasteiger partial charge on any atom is -0.478 e. The monoisotopic (exact) mass is 216 g/mol. The normalized spacial score (nSPS) is 16.8. The summed E-state index contributed by atoms with van der Waals surface area (Å²) in [5.41, 5.74) is 0.176. The quantitative estimate of drug-likeness (QED) is 0.483. The third-order valence-corrected chi connectivity index (χ3v) is 2.44. The summed E-state index contributed by atoms with van der Waals surface area (Å²) in [5, 5.41) is 25.4. The Morgan fingerprint density at radius 3 is 1.87 bits per heavy atom. The molecule has 0 heterocycles. The van der Waals surface area contributed by atoms with Crippen LogP contribution in [0.2, 0.25) is 0 Å². The zero-order valence-electron chi connectivity index (χ0n) is 9.15. The van der Waals surface area contributed by atoms with Crippen LogP contribution < -0.4 is 0 Å². The molecule has 0 radical (unpaired) electrons. The predicted octanol–water partition coefficient (Wildman–Crippen LogP) is 1.52. The fourth-order valence-electron chi connectivity index (χ4n) is 1.43. The molecule has 0 aromatic heterocycles. The van der Waals surface area contributed by atoms with Gasteiger partial charge in [0.25, 0.3) is 0 Å². The molecule has 0 aromatic carbocycles. The lowest BCUT2D eigenvalue weighted by Gasteiger charge is -2.22. The van der Waals surface area contributed by atoms with Crippen LogP contribution in [-0.2, 0) is 4.79 Å². The maximum Gasteiger partial charge on any atom is 0.330 e. The average Bonchev–Trinajstić information content (AvgIpc) is 2.20. The third kappa shape index (κ3) is 7.11. The van der Waals surface area contributed by atoms with E-state index >= 15 is 0 Å². The van der Waals surface area contributed by atoms with Crippen molar-refractivity contribution in [1.82, 2.24) is 0 Å². The number of aliphatic carboxylic acids is 1. The molecule has 0 aliphatic heterocycles. The molecule has 1 aliphatic rings. The lowest BCUT2D eigenvalue weighted by atomic mass is 9.89. The van der Waals surface area contributed by atoms with E-state index in [0.29, 0.717) is 0 Å². The zero-order chi connectivity index (χ0) is 11.8. The minimum atomic E-state index is -1.06. The van der Waals surface area contributed by atoms with Gasteiger partial charge in [-0.2, -0.15) is 0 Å². The van der Waals surface area contributed by atoms with Crippen LogP contribution >= 0.6 is 0 Å². The van der Waals surface area contributed by atoms with Crippen LogP contribution in [-0.4, -0.2) is 27.6 Å². The molecule has 88 valence electrons. The molecule has 1 saturated carbocycles. The van der Waals surface area contributed by atoms with E-state index in [1.54, 1.807) is 0 Å². The standard InChI is InChI=1S/C7H14O2.C4H6O2/c8-7(9)6-4-2-1-3-5-6;1-3(2)4(5)6/h6-9H,1-5H2;1H2,2H3,(H,5,6). The highest BCUT2D eigenvalue weighted by Crippen LogP contribution is 2.25. The molecule has 4 heteroatoms. The number of aliphatic hydroxyl groups excluding tert-OH is 1. The van der Waals surface area contributed by atoms with Crippen molar-refractivity contribution in [3.05, 3.63) is 12.2 Å². The van der Waals surface area contributed by atoms with Gasteiger partial charge in [0.15, 0.2) is 6.29 Å². The Hall–Kier alpha value is -0.870. The molecule has 1 aliphatic carbocycles. The highest BCUT2D eigenvalue weighted by molar-refractivity contribution is 5.84. The Bertz CT molecular complexity index is 193. The summed E-state index contributed by atoms with van der Waals surface area (Å²) in [5.74, 6) is -0.770. The minimum absolute atomic E-state index is 0.166. The molecule has 3 N–H and O–H groups in total. The number of hydrogen-bond acceptors (Lipinski definition) is 3. The summed E-state index contributed by atoms with van der Waals surface area (Å²) in [4.78, 5) is 9.60. The van der Waals surface area contributed by atoms with Crippen LogP contribution in [0.15, 0.2) is 12.2 Å². The largest absolute Gasteiger partial charge is 0.478 e. The molecular weight excluding hydrogens is 196 g/mol. The number of aliphatic hydroxyl groups is 2. The first-order valence-corrected chi connectivity index (χ1v) is 5.20. The first-order valence-electron chi connectivity index (χ1n) is 5.20. The van der Waals surface area contributed by atoms with E-state index in [9.17, 15) is 4.79 Å². The van der Waals surface area contributed by atoms with Crippen LogP contribution in [0, 0.1) is 5.92 Å². The van der Waals surface area contributed by atoms with E-state index in [2.05, 4.69) is 6.58 Å². The van der Waals surface area contributed by atoms with E-state index in [-0.39, 0.29) is 11.5 Å². The van der Waals surface area contributed by atoms with E-state index in [4.69, 9.17) is 15.3 Å². The smallest absolute Gasteiger partial charge is 0.330 e. The summed E-state index contributed by atoms with van der Waals surface area (Å²) in [7, 11) is 0. The van der Waals surface area contributed by atoms with Crippen LogP contribution in [0.3, 0.4) is 0 Å². The maximum absolute atomic E-state index is 9.60. The van der Waals surface area contributed by atoms with Crippen molar-refractivity contribution in [3.63, 3.8) is 0 Å². The van der Waals surface area contributed by atoms with Gasteiger partial charge in [-0.1, -0.05) is 25.8 Å². The Kier molecular flexibility index (Phi) is 6.99. The highest BCUT2D eigenvalue weighted by Gasteiger charge is 2.18. The summed E-state index contributed by atoms with van der Waals surface area (Å²) < 4.78 is 0. The topological polar surface area (TPSA) is 77.8 Å². The number of rotatable bonds is 2. The Morgan fingerprint density at radius 2 is 1.67 bits per heavy atom. The molecule has 0 spiro atoms. The number of hydrogen-bond donors (Lipinski definition) is 3. The molecule has 0 bridgehead atoms. The second-order valence-electron chi connectivity index (χ2n) is 3.90. The molecule has 4 nitrogen and oxygen atoms in total. The van der Waals surface area contributed by atoms with Crippen molar-refractivity contribution in [2.75, 3.05) is 0 Å². The summed E-state index contributed by atoms with van der Waals surface area (Å²) in [6.07, 6.45) is 4.54. The fourth-order valence-corrected chi connectivity index (χ4v) is 1.43. The summed E-state index contributed by atoms with van der Waals surface area (Å²) in [6.45, 7) is 4.60. The van der Waals surface area contributed by atoms with Gasteiger partial charge in [-0.3, -0.25) is 0 Å². The molecule has 0 amide bonds. The van der Waals surface area contributed by atoms with Gasteiger partial charge in [-0.25, -0.2) is 4.79 Å². The molecule has 0 aromatic rings. The van der Waals surface area contributed by atoms with Gasteiger partial charge in [-0.15, -0.1) is 0 Å². The van der Waals surface area contributed by atoms with Crippen LogP contribution in [0.1, 0.15) is 39.0 Å². The van der Waals surface area contributed by atoms with Crippen molar-refractivity contribution in [3.8, 4) is 0 Å². The second-order valence-corrected chi connectivity index (χ2v) is 3.90. The van der Waals surface area contributed by atoms with Crippen LogP contribution in [0.25, 0.3) is 0 Å². The second kappa shape index (κ2) is 7.43. The van der Waals surface area contributed by atoms with E-state index in [1.165, 1.54) is 26.2 Å². The Balaban J connectivity index is 0.000000288. The third-order valence-electron chi connectivity index (χ3n) is 2.44. The predicted molar refractivity (Wildman–Crippen MR) is 57.3 cm³/mol. The summed E-state index contributed by atoms with van der Waals surface area (Å²) in [6, 6.07) is 0. The van der Waals surface area contributed by atoms with Crippen LogP contribution in [0.4, 0.5) is 0 Å². The van der Waals surface area contributed by atoms with E-state index in [1.807, 2.05) is 0 Å². The number of carboxylic acid groups (broad SMARTS) is 1. The molecule has 1 fully saturated rings. The lowest BCUT2D eigenvalue weighted by Crippen LogP contribution is -2.21. The van der Waals surface area contributed by atoms with Gasteiger partial charge >= 0.3 is 5.97 Å². The van der Waals surface area contributed by atoms with Crippen molar-refractivity contribution in [2.45, 2.75) is 45.3 Å². The molecule has 1 rings (SSSR count). The SMILES string of the molecule is C=C(C)C(=O)O.OC(O)C1CCCCC1. The molecule has 0 unspecified atom stereocenters. The molecule has 0 atom stereocenters. The van der Waals surface area contributed by atoms with Crippen molar-refractivity contribution < 1.29 is 20.1 Å². The number of carbonyl (C=O) groups is 1. The summed E-state index contributed by atoms with van der Waals surface area (Å²) >= 11 is 0. The number of carboxylic acids is 1. The average molecular weight is 216 g/mol. The Labute approximate surface area is 90.2 Å². The van der Waals surface area contributed by atoms with Gasteiger partial charge in [0.05, 0.1) is 0 Å². The van der Waals surface area contributed by atoms with Gasteiger partial charge < -0.3 is 15.3 Å². The van der Waals surface area contributed by atoms with Gasteiger partial charge in [0.2, 0.25) is 0 Å².